The Kier molecular flexibility index (Phi) is 3.18. The third-order valence-electron chi connectivity index (χ3n) is 3.15. The Morgan fingerprint density at radius 3 is 2.56 bits per heavy atom. The van der Waals surface area contributed by atoms with Gasteiger partial charge in [-0.3, -0.25) is 0 Å². The van der Waals surface area contributed by atoms with Crippen LogP contribution < -0.4 is 4.74 Å². The molecular formula is C14H18O2. The highest BCUT2D eigenvalue weighted by Gasteiger charge is 2.15. The second-order valence-corrected chi connectivity index (χ2v) is 4.19. The van der Waals surface area contributed by atoms with Crippen molar-refractivity contribution in [1.82, 2.24) is 0 Å². The van der Waals surface area contributed by atoms with Crippen LogP contribution in [-0.4, -0.2) is 14.2 Å². The van der Waals surface area contributed by atoms with E-state index in [4.69, 9.17) is 9.47 Å². The molecule has 0 amide bonds. The van der Waals surface area contributed by atoms with Crippen molar-refractivity contribution in [2.24, 2.45) is 0 Å². The van der Waals surface area contributed by atoms with Gasteiger partial charge in [-0.05, 0) is 55.5 Å². The predicted molar refractivity (Wildman–Crippen MR) is 65.5 cm³/mol. The van der Waals surface area contributed by atoms with E-state index in [9.17, 15) is 0 Å². The van der Waals surface area contributed by atoms with Gasteiger partial charge < -0.3 is 9.47 Å². The molecule has 0 bridgehead atoms. The average molecular weight is 218 g/mol. The van der Waals surface area contributed by atoms with Gasteiger partial charge in [0.2, 0.25) is 0 Å². The van der Waals surface area contributed by atoms with Gasteiger partial charge in [-0.25, -0.2) is 0 Å². The van der Waals surface area contributed by atoms with Gasteiger partial charge >= 0.3 is 0 Å². The Balaban J connectivity index is 2.51. The fourth-order valence-electron chi connectivity index (χ4n) is 2.30. The molecule has 0 atom stereocenters. The normalized spacial score (nSPS) is 15.4. The maximum Gasteiger partial charge on any atom is 0.125 e. The molecule has 0 unspecified atom stereocenters. The van der Waals surface area contributed by atoms with Crippen LogP contribution in [0.25, 0.3) is 5.76 Å². The standard InChI is InChI=1S/C14H18O2/c1-10-5-4-6-11-9-12(15-2)7-8-13(11)14(10)16-3/h7-9H,4-6H2,1-3H3. The number of hydrogen-bond donors (Lipinski definition) is 0. The summed E-state index contributed by atoms with van der Waals surface area (Å²) < 4.78 is 10.8. The lowest BCUT2D eigenvalue weighted by molar-refractivity contribution is 0.365. The van der Waals surface area contributed by atoms with Crippen molar-refractivity contribution in [3.63, 3.8) is 0 Å². The lowest BCUT2D eigenvalue weighted by Gasteiger charge is -2.12. The first kappa shape index (κ1) is 11.1. The molecule has 0 N–H and O–H groups in total. The molecule has 86 valence electrons. The molecule has 0 heterocycles. The first-order valence-corrected chi connectivity index (χ1v) is 5.67. The third kappa shape index (κ3) is 1.92. The van der Waals surface area contributed by atoms with Crippen LogP contribution in [0.4, 0.5) is 0 Å². The van der Waals surface area contributed by atoms with E-state index in [1.807, 2.05) is 6.07 Å². The summed E-state index contributed by atoms with van der Waals surface area (Å²) in [4.78, 5) is 0. The lowest BCUT2D eigenvalue weighted by atomic mass is 10.0. The molecule has 0 saturated heterocycles. The molecule has 0 aromatic heterocycles. The Labute approximate surface area is 96.9 Å². The van der Waals surface area contributed by atoms with E-state index in [0.29, 0.717) is 0 Å². The second-order valence-electron chi connectivity index (χ2n) is 4.19. The van der Waals surface area contributed by atoms with Gasteiger partial charge in [0, 0.05) is 5.56 Å². The minimum absolute atomic E-state index is 0.925. The minimum atomic E-state index is 0.925. The van der Waals surface area contributed by atoms with Gasteiger partial charge in [-0.2, -0.15) is 0 Å². The van der Waals surface area contributed by atoms with Crippen LogP contribution in [0.5, 0.6) is 5.75 Å². The Bertz CT molecular complexity index is 419. The summed E-state index contributed by atoms with van der Waals surface area (Å²) in [6.07, 6.45) is 3.38. The van der Waals surface area contributed by atoms with Crippen molar-refractivity contribution >= 4 is 5.76 Å². The molecule has 0 spiro atoms. The van der Waals surface area contributed by atoms with E-state index in [1.165, 1.54) is 23.1 Å². The summed E-state index contributed by atoms with van der Waals surface area (Å²) in [6.45, 7) is 2.15. The lowest BCUT2D eigenvalue weighted by Crippen LogP contribution is -1.95. The zero-order chi connectivity index (χ0) is 11.5. The largest absolute Gasteiger partial charge is 0.497 e. The van der Waals surface area contributed by atoms with Crippen molar-refractivity contribution in [2.45, 2.75) is 26.2 Å². The number of methoxy groups -OCH3 is 2. The molecule has 2 nitrogen and oxygen atoms in total. The zero-order valence-corrected chi connectivity index (χ0v) is 10.2. The summed E-state index contributed by atoms with van der Waals surface area (Å²) in [7, 11) is 3.45. The van der Waals surface area contributed by atoms with E-state index < -0.39 is 0 Å². The summed E-state index contributed by atoms with van der Waals surface area (Å²) in [5.74, 6) is 1.96. The monoisotopic (exact) mass is 218 g/mol. The number of rotatable bonds is 2. The smallest absolute Gasteiger partial charge is 0.125 e. The molecule has 1 aromatic rings. The maximum absolute atomic E-state index is 5.52. The predicted octanol–water partition coefficient (Wildman–Crippen LogP) is 3.41. The van der Waals surface area contributed by atoms with Gasteiger partial charge in [-0.15, -0.1) is 0 Å². The second kappa shape index (κ2) is 4.60. The Morgan fingerprint density at radius 2 is 1.88 bits per heavy atom. The van der Waals surface area contributed by atoms with Crippen LogP contribution in [0.15, 0.2) is 23.8 Å². The number of benzene rings is 1. The summed E-state index contributed by atoms with van der Waals surface area (Å²) in [5, 5.41) is 0. The molecule has 1 aliphatic rings. The number of allylic oxidation sites excluding steroid dienone is 1. The minimum Gasteiger partial charge on any atom is -0.497 e. The molecule has 2 heteroatoms. The van der Waals surface area contributed by atoms with E-state index in [1.54, 1.807) is 14.2 Å². The van der Waals surface area contributed by atoms with Crippen LogP contribution in [0.2, 0.25) is 0 Å². The number of ether oxygens (including phenoxy) is 2. The van der Waals surface area contributed by atoms with E-state index >= 15 is 0 Å². The van der Waals surface area contributed by atoms with Crippen molar-refractivity contribution in [3.8, 4) is 5.75 Å². The van der Waals surface area contributed by atoms with Crippen LogP contribution in [-0.2, 0) is 11.2 Å². The van der Waals surface area contributed by atoms with Gasteiger partial charge in [0.05, 0.1) is 14.2 Å². The Morgan fingerprint density at radius 1 is 1.06 bits per heavy atom. The van der Waals surface area contributed by atoms with Gasteiger partial charge in [0.1, 0.15) is 11.5 Å². The SMILES string of the molecule is COC1=C(C)CCCc2cc(OC)ccc21. The summed E-state index contributed by atoms with van der Waals surface area (Å²) in [5.41, 5.74) is 3.89. The highest BCUT2D eigenvalue weighted by atomic mass is 16.5. The quantitative estimate of drug-likeness (QED) is 0.757. The third-order valence-corrected chi connectivity index (χ3v) is 3.15. The molecule has 2 rings (SSSR count). The fraction of sp³-hybridized carbons (Fsp3) is 0.429. The van der Waals surface area contributed by atoms with E-state index in [2.05, 4.69) is 19.1 Å². The van der Waals surface area contributed by atoms with Crippen LogP contribution in [0.1, 0.15) is 30.9 Å². The van der Waals surface area contributed by atoms with Crippen molar-refractivity contribution in [1.29, 1.82) is 0 Å². The number of fused-ring (bicyclic) bond motifs is 1. The molecule has 0 radical (unpaired) electrons. The summed E-state index contributed by atoms with van der Waals surface area (Å²) in [6, 6.07) is 6.21. The van der Waals surface area contributed by atoms with E-state index in [0.717, 1.165) is 24.4 Å². The molecule has 1 aromatic carbocycles. The van der Waals surface area contributed by atoms with Crippen molar-refractivity contribution in [3.05, 3.63) is 34.9 Å². The van der Waals surface area contributed by atoms with E-state index in [-0.39, 0.29) is 0 Å². The molecule has 16 heavy (non-hydrogen) atoms. The highest BCUT2D eigenvalue weighted by Crippen LogP contribution is 2.32. The van der Waals surface area contributed by atoms with Gasteiger partial charge in [0.15, 0.2) is 0 Å². The van der Waals surface area contributed by atoms with Crippen LogP contribution >= 0.6 is 0 Å². The molecule has 0 fully saturated rings. The first-order valence-electron chi connectivity index (χ1n) is 5.67. The number of hydrogen-bond acceptors (Lipinski definition) is 2. The number of aryl methyl sites for hydroxylation is 1. The first-order chi connectivity index (χ1) is 7.76. The molecule has 0 aliphatic heterocycles. The van der Waals surface area contributed by atoms with Crippen LogP contribution in [0.3, 0.4) is 0 Å². The van der Waals surface area contributed by atoms with Gasteiger partial charge in [0.25, 0.3) is 0 Å². The van der Waals surface area contributed by atoms with Gasteiger partial charge in [-0.1, -0.05) is 0 Å². The van der Waals surface area contributed by atoms with Crippen molar-refractivity contribution < 1.29 is 9.47 Å². The van der Waals surface area contributed by atoms with Crippen LogP contribution in [0, 0.1) is 0 Å². The molecule has 1 aliphatic carbocycles. The topological polar surface area (TPSA) is 18.5 Å². The Hall–Kier alpha value is -1.44. The maximum atomic E-state index is 5.52. The average Bonchev–Trinajstić information content (AvgIpc) is 2.46. The summed E-state index contributed by atoms with van der Waals surface area (Å²) >= 11 is 0. The fourth-order valence-corrected chi connectivity index (χ4v) is 2.30. The van der Waals surface area contributed by atoms with Crippen molar-refractivity contribution in [2.75, 3.05) is 14.2 Å². The highest BCUT2D eigenvalue weighted by molar-refractivity contribution is 5.67. The molecule has 0 saturated carbocycles. The molecular weight excluding hydrogens is 200 g/mol. The zero-order valence-electron chi connectivity index (χ0n) is 10.2.